The lowest BCUT2D eigenvalue weighted by Crippen LogP contribution is -2.32. The number of thiazole rings is 1. The van der Waals surface area contributed by atoms with Gasteiger partial charge < -0.3 is 24.5 Å². The molecule has 13 heteroatoms. The Labute approximate surface area is 258 Å². The highest BCUT2D eigenvalue weighted by Crippen LogP contribution is 2.54. The number of anilines is 2. The lowest BCUT2D eigenvalue weighted by Gasteiger charge is -2.31. The minimum Gasteiger partial charge on any atom is -0.497 e. The van der Waals surface area contributed by atoms with Crippen LogP contribution in [0.5, 0.6) is 17.2 Å². The number of ether oxygens (including phenoxy) is 3. The third-order valence-corrected chi connectivity index (χ3v) is 9.83. The first-order valence-electron chi connectivity index (χ1n) is 13.0. The maximum Gasteiger partial charge on any atom is 0.305 e. The molecule has 220 valence electrons. The number of nitrogens with one attached hydrogen (secondary N) is 2. The van der Waals surface area contributed by atoms with E-state index in [0.29, 0.717) is 49.1 Å². The summed E-state index contributed by atoms with van der Waals surface area (Å²) >= 11 is 8.57. The maximum atomic E-state index is 14.0. The van der Waals surface area contributed by atoms with Crippen LogP contribution in [0.2, 0.25) is 5.02 Å². The topological polar surface area (TPSA) is 127 Å². The first-order chi connectivity index (χ1) is 20.8. The molecule has 2 aliphatic heterocycles. The number of imide groups is 1. The fourth-order valence-electron chi connectivity index (χ4n) is 5.25. The van der Waals surface area contributed by atoms with Gasteiger partial charge in [-0.15, -0.1) is 0 Å². The van der Waals surface area contributed by atoms with E-state index in [1.807, 2.05) is 0 Å². The molecule has 0 unspecified atom stereocenters. The molecule has 2 N–H and O–H groups in total. The number of hydrogen-bond donors (Lipinski definition) is 2. The molecule has 0 spiro atoms. The summed E-state index contributed by atoms with van der Waals surface area (Å²) in [5.74, 6) is -1.25. The number of H-pyrrole nitrogens is 1. The van der Waals surface area contributed by atoms with Gasteiger partial charge >= 0.3 is 4.87 Å². The Morgan fingerprint density at radius 3 is 2.30 bits per heavy atom. The summed E-state index contributed by atoms with van der Waals surface area (Å²) < 4.78 is 16.4. The highest BCUT2D eigenvalue weighted by Gasteiger charge is 2.56. The van der Waals surface area contributed by atoms with Crippen molar-refractivity contribution < 1.29 is 28.6 Å². The van der Waals surface area contributed by atoms with E-state index in [2.05, 4.69) is 10.3 Å². The van der Waals surface area contributed by atoms with Gasteiger partial charge in [0.1, 0.15) is 22.5 Å². The number of halogens is 1. The summed E-state index contributed by atoms with van der Waals surface area (Å²) in [5, 5.41) is 2.85. The standard InChI is InChI=1S/C30H24ClN3O7S2/c1-39-18-8-4-16(5-9-18)32-22(35)14-41-21-12-3-15(31)13-20(21)23-24-26(42-27-25(23)43-30(38)33-27)29(37)34(28(24)36)17-6-10-19(40-2)11-7-17/h3-13,23-24,26H,14H2,1-2H3,(H,32,35)(H,33,38)/t23-,24-,26+/m0/s1. The fourth-order valence-corrected chi connectivity index (χ4v) is 7.93. The van der Waals surface area contributed by atoms with Crippen molar-refractivity contribution in [1.29, 1.82) is 0 Å². The van der Waals surface area contributed by atoms with Crippen molar-refractivity contribution in [3.8, 4) is 17.2 Å². The van der Waals surface area contributed by atoms with Crippen molar-refractivity contribution in [3.05, 3.63) is 91.9 Å². The van der Waals surface area contributed by atoms with E-state index in [4.69, 9.17) is 25.8 Å². The van der Waals surface area contributed by atoms with E-state index in [1.165, 1.54) is 23.8 Å². The molecule has 3 heterocycles. The zero-order valence-electron chi connectivity index (χ0n) is 22.8. The molecule has 1 fully saturated rings. The van der Waals surface area contributed by atoms with E-state index in [1.54, 1.807) is 73.8 Å². The molecular formula is C30H24ClN3O7S2. The molecule has 6 rings (SSSR count). The predicted molar refractivity (Wildman–Crippen MR) is 164 cm³/mol. The molecule has 0 aliphatic carbocycles. The summed E-state index contributed by atoms with van der Waals surface area (Å²) in [5.41, 5.74) is 1.47. The van der Waals surface area contributed by atoms with Crippen molar-refractivity contribution in [2.75, 3.05) is 31.0 Å². The SMILES string of the molecule is COc1ccc(NC(=O)COc2ccc(Cl)cc2[C@@H]2c3sc(=O)[nH]c3S[C@H]3C(=O)N(c4ccc(OC)cc4)C(=O)[C@@H]23)cc1. The number of carbonyl (C=O) groups is 3. The van der Waals surface area contributed by atoms with Crippen molar-refractivity contribution in [2.45, 2.75) is 16.2 Å². The van der Waals surface area contributed by atoms with Crippen molar-refractivity contribution in [1.82, 2.24) is 4.98 Å². The van der Waals surface area contributed by atoms with Gasteiger partial charge in [-0.3, -0.25) is 19.2 Å². The van der Waals surface area contributed by atoms with Crippen molar-refractivity contribution in [3.63, 3.8) is 0 Å². The quantitative estimate of drug-likeness (QED) is 0.261. The second-order valence-electron chi connectivity index (χ2n) is 9.71. The second-order valence-corrected chi connectivity index (χ2v) is 12.3. The van der Waals surface area contributed by atoms with Crippen LogP contribution in [0.4, 0.5) is 11.4 Å². The fraction of sp³-hybridized carbons (Fsp3) is 0.200. The third-order valence-electron chi connectivity index (χ3n) is 7.19. The Morgan fingerprint density at radius 1 is 0.953 bits per heavy atom. The average Bonchev–Trinajstić information content (AvgIpc) is 3.50. The van der Waals surface area contributed by atoms with Crippen molar-refractivity contribution >= 4 is 63.8 Å². The second kappa shape index (κ2) is 11.8. The Morgan fingerprint density at radius 2 is 1.63 bits per heavy atom. The van der Waals surface area contributed by atoms with E-state index in [-0.39, 0.29) is 11.5 Å². The van der Waals surface area contributed by atoms with Gasteiger partial charge in [-0.05, 0) is 66.7 Å². The predicted octanol–water partition coefficient (Wildman–Crippen LogP) is 4.92. The van der Waals surface area contributed by atoms with Crippen LogP contribution in [0.25, 0.3) is 0 Å². The number of methoxy groups -OCH3 is 2. The van der Waals surface area contributed by atoms with Crippen LogP contribution < -0.4 is 29.3 Å². The highest BCUT2D eigenvalue weighted by molar-refractivity contribution is 8.00. The van der Waals surface area contributed by atoms with Crippen LogP contribution in [-0.2, 0) is 14.4 Å². The normalized spacial score (nSPS) is 19.0. The van der Waals surface area contributed by atoms with Gasteiger partial charge in [0.15, 0.2) is 6.61 Å². The molecule has 3 aromatic carbocycles. The molecule has 4 aromatic rings. The molecular weight excluding hydrogens is 614 g/mol. The van der Waals surface area contributed by atoms with Crippen LogP contribution in [0, 0.1) is 5.92 Å². The van der Waals surface area contributed by atoms with Crippen LogP contribution in [0.3, 0.4) is 0 Å². The zero-order chi connectivity index (χ0) is 30.2. The molecule has 1 aromatic heterocycles. The number of carbonyl (C=O) groups excluding carboxylic acids is 3. The molecule has 1 saturated heterocycles. The van der Waals surface area contributed by atoms with Gasteiger partial charge in [0, 0.05) is 27.1 Å². The highest BCUT2D eigenvalue weighted by atomic mass is 35.5. The summed E-state index contributed by atoms with van der Waals surface area (Å²) in [6.45, 7) is -0.336. The van der Waals surface area contributed by atoms with E-state index in [9.17, 15) is 19.2 Å². The summed E-state index contributed by atoms with van der Waals surface area (Å²) in [6.07, 6.45) is 0. The first kappa shape index (κ1) is 28.8. The molecule has 0 bridgehead atoms. The van der Waals surface area contributed by atoms with Crippen molar-refractivity contribution in [2.24, 2.45) is 5.92 Å². The summed E-state index contributed by atoms with van der Waals surface area (Å²) in [6, 6.07) is 18.4. The Balaban J connectivity index is 1.33. The van der Waals surface area contributed by atoms with Gasteiger partial charge in [0.05, 0.1) is 30.9 Å². The number of aromatic amines is 1. The number of rotatable bonds is 8. The van der Waals surface area contributed by atoms with Crippen LogP contribution in [0.1, 0.15) is 16.4 Å². The lowest BCUT2D eigenvalue weighted by molar-refractivity contribution is -0.122. The average molecular weight is 638 g/mol. The molecule has 3 amide bonds. The summed E-state index contributed by atoms with van der Waals surface area (Å²) in [7, 11) is 3.09. The third kappa shape index (κ3) is 5.49. The number of fused-ring (bicyclic) bond motifs is 2. The smallest absolute Gasteiger partial charge is 0.305 e. The van der Waals surface area contributed by atoms with Gasteiger partial charge in [-0.1, -0.05) is 34.7 Å². The zero-order valence-corrected chi connectivity index (χ0v) is 25.2. The maximum absolute atomic E-state index is 14.0. The largest absolute Gasteiger partial charge is 0.497 e. The molecule has 2 aliphatic rings. The minimum absolute atomic E-state index is 0.305. The van der Waals surface area contributed by atoms with Gasteiger partial charge in [0.25, 0.3) is 5.91 Å². The molecule has 0 radical (unpaired) electrons. The molecule has 0 saturated carbocycles. The lowest BCUT2D eigenvalue weighted by atomic mass is 9.82. The summed E-state index contributed by atoms with van der Waals surface area (Å²) in [4.78, 5) is 57.3. The Bertz CT molecular complexity index is 1770. The molecule has 3 atom stereocenters. The first-order valence-corrected chi connectivity index (χ1v) is 15.1. The Kier molecular flexibility index (Phi) is 7.91. The van der Waals surface area contributed by atoms with E-state index in [0.717, 1.165) is 11.3 Å². The van der Waals surface area contributed by atoms with Gasteiger partial charge in [-0.2, -0.15) is 0 Å². The van der Waals surface area contributed by atoms with Crippen LogP contribution in [-0.4, -0.2) is 48.8 Å². The number of thioether (sulfide) groups is 1. The monoisotopic (exact) mass is 637 g/mol. The van der Waals surface area contributed by atoms with Gasteiger partial charge in [0.2, 0.25) is 11.8 Å². The molecule has 43 heavy (non-hydrogen) atoms. The Hall–Kier alpha value is -4.26. The van der Waals surface area contributed by atoms with E-state index >= 15 is 0 Å². The number of amides is 3. The number of benzene rings is 3. The minimum atomic E-state index is -0.854. The number of hydrogen-bond acceptors (Lipinski definition) is 9. The number of nitrogens with zero attached hydrogens (tertiary/aromatic N) is 1. The number of aromatic nitrogens is 1. The van der Waals surface area contributed by atoms with Gasteiger partial charge in [-0.25, -0.2) is 4.90 Å². The van der Waals surface area contributed by atoms with E-state index < -0.39 is 34.8 Å². The van der Waals surface area contributed by atoms with Crippen LogP contribution in [0.15, 0.2) is 76.6 Å². The molecule has 10 nitrogen and oxygen atoms in total. The van der Waals surface area contributed by atoms with Crippen LogP contribution >= 0.6 is 34.7 Å².